The molecule has 0 atom stereocenters. The van der Waals surface area contributed by atoms with Crippen molar-refractivity contribution in [3.63, 3.8) is 0 Å². The van der Waals surface area contributed by atoms with Gasteiger partial charge in [0.1, 0.15) is 17.2 Å². The molecule has 6 nitrogen and oxygen atoms in total. The molecule has 8 heteroatoms. The number of hydrogen-bond donors (Lipinski definition) is 2. The molecule has 150 valence electrons. The summed E-state index contributed by atoms with van der Waals surface area (Å²) < 4.78 is 17.0. The van der Waals surface area contributed by atoms with E-state index in [2.05, 4.69) is 33.5 Å². The average molecular weight is 467 g/mol. The van der Waals surface area contributed by atoms with E-state index in [0.717, 1.165) is 17.3 Å². The summed E-state index contributed by atoms with van der Waals surface area (Å²) in [6.45, 7) is 2.62. The first-order valence-electron chi connectivity index (χ1n) is 8.75. The number of halogens is 1. The van der Waals surface area contributed by atoms with Crippen molar-refractivity contribution in [1.82, 2.24) is 5.32 Å². The van der Waals surface area contributed by atoms with Gasteiger partial charge in [-0.25, -0.2) is 0 Å². The molecule has 1 amide bonds. The van der Waals surface area contributed by atoms with Gasteiger partial charge < -0.3 is 19.5 Å². The second-order valence-corrected chi connectivity index (χ2v) is 7.14. The smallest absolute Gasteiger partial charge is 0.261 e. The first-order valence-corrected chi connectivity index (χ1v) is 9.95. The summed E-state index contributed by atoms with van der Waals surface area (Å²) in [5.41, 5.74) is 0.980. The Morgan fingerprint density at radius 2 is 1.86 bits per heavy atom. The molecule has 2 N–H and O–H groups in total. The van der Waals surface area contributed by atoms with Gasteiger partial charge in [-0.2, -0.15) is 0 Å². The third-order valence-corrected chi connectivity index (χ3v) is 4.52. The fraction of sp³-hybridized carbons (Fsp3) is 0.300. The Labute approximate surface area is 178 Å². The van der Waals surface area contributed by atoms with E-state index < -0.39 is 0 Å². The fourth-order valence-corrected chi connectivity index (χ4v) is 2.93. The van der Waals surface area contributed by atoms with Gasteiger partial charge in [0.25, 0.3) is 5.91 Å². The van der Waals surface area contributed by atoms with Gasteiger partial charge in [0.05, 0.1) is 32.1 Å². The van der Waals surface area contributed by atoms with E-state index in [4.69, 9.17) is 26.4 Å². The molecule has 0 aliphatic heterocycles. The Morgan fingerprint density at radius 1 is 1.11 bits per heavy atom. The molecule has 0 heterocycles. The summed E-state index contributed by atoms with van der Waals surface area (Å²) in [5.74, 6) is 1.35. The largest absolute Gasteiger partial charge is 0.497 e. The van der Waals surface area contributed by atoms with Crippen LogP contribution >= 0.6 is 28.1 Å². The highest BCUT2D eigenvalue weighted by Crippen LogP contribution is 2.29. The Hall–Kier alpha value is -2.32. The molecule has 0 fully saturated rings. The topological polar surface area (TPSA) is 68.8 Å². The van der Waals surface area contributed by atoms with Crippen LogP contribution in [-0.4, -0.2) is 31.8 Å². The summed E-state index contributed by atoms with van der Waals surface area (Å²) in [4.78, 5) is 12.7. The molecule has 0 unspecified atom stereocenters. The minimum Gasteiger partial charge on any atom is -0.497 e. The predicted molar refractivity (Wildman–Crippen MR) is 118 cm³/mol. The number of unbranched alkanes of at least 4 members (excludes halogenated alkanes) is 1. The number of hydrogen-bond acceptors (Lipinski definition) is 5. The van der Waals surface area contributed by atoms with Crippen LogP contribution in [0.1, 0.15) is 30.1 Å². The molecule has 28 heavy (non-hydrogen) atoms. The molecule has 2 aromatic carbocycles. The third-order valence-electron chi connectivity index (χ3n) is 3.82. The van der Waals surface area contributed by atoms with Gasteiger partial charge in [0.2, 0.25) is 0 Å². The number of methoxy groups -OCH3 is 2. The average Bonchev–Trinajstić information content (AvgIpc) is 2.68. The quantitative estimate of drug-likeness (QED) is 0.431. The van der Waals surface area contributed by atoms with Crippen LogP contribution in [0.3, 0.4) is 0 Å². The van der Waals surface area contributed by atoms with E-state index in [1.165, 1.54) is 0 Å². The van der Waals surface area contributed by atoms with E-state index >= 15 is 0 Å². The van der Waals surface area contributed by atoms with Gasteiger partial charge in [-0.15, -0.1) is 0 Å². The van der Waals surface area contributed by atoms with Crippen LogP contribution in [-0.2, 0) is 0 Å². The summed E-state index contributed by atoms with van der Waals surface area (Å²) in [5, 5.41) is 5.78. The highest BCUT2D eigenvalue weighted by molar-refractivity contribution is 9.10. The number of carbonyl (C=O) groups excluding carboxylic acids is 1. The minimum absolute atomic E-state index is 0.135. The number of nitrogens with one attached hydrogen (secondary N) is 2. The van der Waals surface area contributed by atoms with E-state index in [1.807, 2.05) is 6.07 Å². The zero-order chi connectivity index (χ0) is 20.5. The molecular formula is C20H23BrN2O4S. The van der Waals surface area contributed by atoms with Crippen LogP contribution in [0.5, 0.6) is 17.2 Å². The monoisotopic (exact) mass is 466 g/mol. The number of rotatable bonds is 8. The molecule has 2 aromatic rings. The van der Waals surface area contributed by atoms with E-state index in [1.54, 1.807) is 44.6 Å². The van der Waals surface area contributed by atoms with Crippen molar-refractivity contribution < 1.29 is 19.0 Å². The van der Waals surface area contributed by atoms with Crippen LogP contribution in [0.4, 0.5) is 5.69 Å². The third kappa shape index (κ3) is 6.10. The maximum absolute atomic E-state index is 12.7. The lowest BCUT2D eigenvalue weighted by Gasteiger charge is -2.15. The summed E-state index contributed by atoms with van der Waals surface area (Å²) >= 11 is 8.68. The maximum atomic E-state index is 12.7. The highest BCUT2D eigenvalue weighted by atomic mass is 79.9. The summed E-state index contributed by atoms with van der Waals surface area (Å²) in [6.07, 6.45) is 1.92. The Bertz CT molecular complexity index is 845. The van der Waals surface area contributed by atoms with Crippen LogP contribution in [0.15, 0.2) is 40.9 Å². The number of thiocarbonyl (C=S) groups is 1. The zero-order valence-corrected chi connectivity index (χ0v) is 18.4. The Morgan fingerprint density at radius 3 is 2.54 bits per heavy atom. The number of benzene rings is 2. The standard InChI is InChI=1S/C20H23BrN2O4S/c1-4-5-10-27-17-8-6-13(21)11-15(17)19(24)23-20(28)22-16-12-14(25-2)7-9-18(16)26-3/h6-9,11-12H,4-5,10H2,1-3H3,(H2,22,23,24,28). The van der Waals surface area contributed by atoms with Gasteiger partial charge in [-0.05, 0) is 49.0 Å². The maximum Gasteiger partial charge on any atom is 0.261 e. The van der Waals surface area contributed by atoms with E-state index in [9.17, 15) is 4.79 Å². The van der Waals surface area contributed by atoms with Crippen LogP contribution < -0.4 is 24.8 Å². The molecule has 0 aromatic heterocycles. The highest BCUT2D eigenvalue weighted by Gasteiger charge is 2.16. The van der Waals surface area contributed by atoms with Gasteiger partial charge >= 0.3 is 0 Å². The molecule has 0 saturated heterocycles. The fourth-order valence-electron chi connectivity index (χ4n) is 2.37. The number of ether oxygens (including phenoxy) is 3. The number of amides is 1. The summed E-state index contributed by atoms with van der Waals surface area (Å²) in [6, 6.07) is 10.5. The van der Waals surface area contributed by atoms with Gasteiger partial charge in [-0.3, -0.25) is 10.1 Å². The van der Waals surface area contributed by atoms with Crippen molar-refractivity contribution in [1.29, 1.82) is 0 Å². The van der Waals surface area contributed by atoms with Crippen molar-refractivity contribution in [2.75, 3.05) is 26.1 Å². The number of anilines is 1. The summed E-state index contributed by atoms with van der Waals surface area (Å²) in [7, 11) is 3.12. The molecule has 0 aliphatic carbocycles. The lowest BCUT2D eigenvalue weighted by atomic mass is 10.2. The van der Waals surface area contributed by atoms with Crippen molar-refractivity contribution in [2.24, 2.45) is 0 Å². The van der Waals surface area contributed by atoms with Crippen LogP contribution in [0.2, 0.25) is 0 Å². The second-order valence-electron chi connectivity index (χ2n) is 5.82. The molecule has 0 bridgehead atoms. The SMILES string of the molecule is CCCCOc1ccc(Br)cc1C(=O)NC(=S)Nc1cc(OC)ccc1OC. The normalized spacial score (nSPS) is 10.1. The molecule has 2 rings (SSSR count). The zero-order valence-electron chi connectivity index (χ0n) is 16.0. The molecule has 0 aliphatic rings. The molecule has 0 radical (unpaired) electrons. The minimum atomic E-state index is -0.368. The van der Waals surface area contributed by atoms with E-state index in [-0.39, 0.29) is 11.0 Å². The van der Waals surface area contributed by atoms with Crippen molar-refractivity contribution in [3.05, 3.63) is 46.4 Å². The van der Waals surface area contributed by atoms with Crippen molar-refractivity contribution in [3.8, 4) is 17.2 Å². The van der Waals surface area contributed by atoms with Gasteiger partial charge in [-0.1, -0.05) is 29.3 Å². The molecule has 0 saturated carbocycles. The predicted octanol–water partition coefficient (Wildman–Crippen LogP) is 4.77. The van der Waals surface area contributed by atoms with Crippen LogP contribution in [0, 0.1) is 0 Å². The van der Waals surface area contributed by atoms with Gasteiger partial charge in [0.15, 0.2) is 5.11 Å². The number of carbonyl (C=O) groups is 1. The van der Waals surface area contributed by atoms with Crippen molar-refractivity contribution in [2.45, 2.75) is 19.8 Å². The van der Waals surface area contributed by atoms with Crippen molar-refractivity contribution >= 4 is 44.9 Å². The lowest BCUT2D eigenvalue weighted by Crippen LogP contribution is -2.34. The first-order chi connectivity index (χ1) is 13.5. The Kier molecular flexibility index (Phi) is 8.53. The second kappa shape index (κ2) is 10.9. The van der Waals surface area contributed by atoms with Crippen LogP contribution in [0.25, 0.3) is 0 Å². The molecule has 0 spiro atoms. The van der Waals surface area contributed by atoms with Gasteiger partial charge in [0, 0.05) is 10.5 Å². The first kappa shape index (κ1) is 22.0. The van der Waals surface area contributed by atoms with E-state index in [0.29, 0.717) is 35.1 Å². The lowest BCUT2D eigenvalue weighted by molar-refractivity contribution is 0.0973. The Balaban J connectivity index is 2.12. The molecular weight excluding hydrogens is 444 g/mol.